The van der Waals surface area contributed by atoms with Crippen LogP contribution < -0.4 is 14.9 Å². The summed E-state index contributed by atoms with van der Waals surface area (Å²) in [5.41, 5.74) is 1.87. The van der Waals surface area contributed by atoms with Crippen molar-refractivity contribution in [3.8, 4) is 17.2 Å². The van der Waals surface area contributed by atoms with Crippen molar-refractivity contribution in [1.82, 2.24) is 4.90 Å². The lowest BCUT2D eigenvalue weighted by Gasteiger charge is -2.32. The number of ether oxygens (including phenoxy) is 2. The number of hydrogen-bond donors (Lipinski definition) is 1. The van der Waals surface area contributed by atoms with E-state index in [1.165, 1.54) is 19.1 Å². The van der Waals surface area contributed by atoms with Gasteiger partial charge in [0.05, 0.1) is 5.39 Å². The summed E-state index contributed by atoms with van der Waals surface area (Å²) in [6.07, 6.45) is 3.14. The number of aliphatic hydroxyl groups excluding tert-OH is 1. The van der Waals surface area contributed by atoms with E-state index in [2.05, 4.69) is 11.8 Å². The first-order valence-electron chi connectivity index (χ1n) is 11.3. The Hall–Kier alpha value is -2.25. The summed E-state index contributed by atoms with van der Waals surface area (Å²) >= 11 is 6.21. The van der Waals surface area contributed by atoms with Gasteiger partial charge < -0.3 is 23.9 Å². The van der Waals surface area contributed by atoms with Gasteiger partial charge in [0.25, 0.3) is 0 Å². The van der Waals surface area contributed by atoms with Crippen molar-refractivity contribution in [3.63, 3.8) is 0 Å². The summed E-state index contributed by atoms with van der Waals surface area (Å²) in [7, 11) is 0. The molecule has 0 spiro atoms. The van der Waals surface area contributed by atoms with E-state index >= 15 is 0 Å². The van der Waals surface area contributed by atoms with Gasteiger partial charge in [0.2, 0.25) is 11.2 Å². The van der Waals surface area contributed by atoms with Gasteiger partial charge in [-0.05, 0) is 74.5 Å². The Labute approximate surface area is 210 Å². The largest absolute Gasteiger partial charge is 0.491 e. The fourth-order valence-corrected chi connectivity index (χ4v) is 4.45. The number of piperidine rings is 1. The van der Waals surface area contributed by atoms with E-state index < -0.39 is 6.10 Å². The molecule has 0 bridgehead atoms. The third kappa shape index (κ3) is 6.25. The van der Waals surface area contributed by atoms with Gasteiger partial charge in [-0.15, -0.1) is 12.4 Å². The van der Waals surface area contributed by atoms with E-state index in [1.54, 1.807) is 30.3 Å². The summed E-state index contributed by atoms with van der Waals surface area (Å²) < 4.78 is 17.2. The number of rotatable bonds is 7. The van der Waals surface area contributed by atoms with Gasteiger partial charge in [-0.1, -0.05) is 18.5 Å². The fraction of sp³-hybridized carbons (Fsp3) is 0.423. The lowest BCUT2D eigenvalue weighted by molar-refractivity contribution is 0.0537. The van der Waals surface area contributed by atoms with E-state index in [0.717, 1.165) is 24.2 Å². The number of fused-ring (bicyclic) bond motifs is 1. The smallest absolute Gasteiger partial charge is 0.235 e. The number of halogens is 2. The van der Waals surface area contributed by atoms with Gasteiger partial charge in [0, 0.05) is 24.2 Å². The highest BCUT2D eigenvalue weighted by atomic mass is 35.5. The van der Waals surface area contributed by atoms with Crippen LogP contribution in [0, 0.1) is 19.8 Å². The highest BCUT2D eigenvalue weighted by Gasteiger charge is 2.19. The molecule has 2 heterocycles. The van der Waals surface area contributed by atoms with Crippen LogP contribution in [0.4, 0.5) is 0 Å². The molecule has 1 N–H and O–H groups in total. The van der Waals surface area contributed by atoms with E-state index in [0.29, 0.717) is 40.0 Å². The first-order chi connectivity index (χ1) is 15.8. The molecule has 4 rings (SSSR count). The van der Waals surface area contributed by atoms with Crippen LogP contribution in [0.2, 0.25) is 5.02 Å². The quantitative estimate of drug-likeness (QED) is 0.438. The normalized spacial score (nSPS) is 17.3. The van der Waals surface area contributed by atoms with Gasteiger partial charge in [0.1, 0.15) is 36.1 Å². The molecular formula is C26H31Cl2NO5. The Bertz CT molecular complexity index is 1170. The monoisotopic (exact) mass is 507 g/mol. The van der Waals surface area contributed by atoms with Crippen LogP contribution in [0.1, 0.15) is 30.9 Å². The van der Waals surface area contributed by atoms with E-state index in [9.17, 15) is 9.90 Å². The van der Waals surface area contributed by atoms with Crippen molar-refractivity contribution < 1.29 is 19.0 Å². The van der Waals surface area contributed by atoms with Gasteiger partial charge in [-0.25, -0.2) is 0 Å². The fourth-order valence-electron chi connectivity index (χ4n) is 4.34. The maximum atomic E-state index is 12.9. The molecule has 0 saturated carbocycles. The molecule has 1 saturated heterocycles. The Morgan fingerprint density at radius 3 is 2.65 bits per heavy atom. The van der Waals surface area contributed by atoms with E-state index in [4.69, 9.17) is 25.5 Å². The molecule has 0 radical (unpaired) electrons. The molecule has 34 heavy (non-hydrogen) atoms. The summed E-state index contributed by atoms with van der Waals surface area (Å²) in [6, 6.07) is 8.58. The highest BCUT2D eigenvalue weighted by molar-refractivity contribution is 6.32. The highest BCUT2D eigenvalue weighted by Crippen LogP contribution is 2.29. The average Bonchev–Trinajstić information content (AvgIpc) is 2.78. The molecule has 1 fully saturated rings. The topological polar surface area (TPSA) is 72.1 Å². The molecular weight excluding hydrogens is 477 g/mol. The lowest BCUT2D eigenvalue weighted by atomic mass is 10.0. The molecule has 2 atom stereocenters. The predicted octanol–water partition coefficient (Wildman–Crippen LogP) is 5.75. The number of likely N-dealkylation sites (tertiary alicyclic amines) is 1. The zero-order chi connectivity index (χ0) is 23.5. The Morgan fingerprint density at radius 2 is 1.94 bits per heavy atom. The second-order valence-electron chi connectivity index (χ2n) is 9.03. The standard InChI is InChI=1S/C26H30ClNO5.ClH/c1-16-5-4-8-28(12-16)13-19(29)14-31-20-6-7-22-23(11-20)32-15-24(26(22)30)33-21-9-17(2)25(27)18(3)10-21;/h6-7,9-11,15-16,19,29H,4-5,8,12-14H2,1-3H3;1H. The van der Waals surface area contributed by atoms with Crippen LogP contribution in [0.25, 0.3) is 11.0 Å². The number of nitrogens with zero attached hydrogens (tertiary/aromatic N) is 1. The third-order valence-electron chi connectivity index (χ3n) is 6.00. The average molecular weight is 508 g/mol. The van der Waals surface area contributed by atoms with Gasteiger partial charge in [0.15, 0.2) is 0 Å². The minimum absolute atomic E-state index is 0. The molecule has 1 aliphatic heterocycles. The van der Waals surface area contributed by atoms with Crippen molar-refractivity contribution in [2.45, 2.75) is 39.7 Å². The van der Waals surface area contributed by atoms with Crippen molar-refractivity contribution in [2.24, 2.45) is 5.92 Å². The minimum atomic E-state index is -0.583. The van der Waals surface area contributed by atoms with Crippen LogP contribution in [-0.2, 0) is 0 Å². The van der Waals surface area contributed by atoms with Crippen LogP contribution >= 0.6 is 24.0 Å². The Kier molecular flexibility index (Phi) is 8.88. The molecule has 2 aromatic carbocycles. The predicted molar refractivity (Wildman–Crippen MR) is 137 cm³/mol. The van der Waals surface area contributed by atoms with Crippen molar-refractivity contribution in [2.75, 3.05) is 26.2 Å². The summed E-state index contributed by atoms with van der Waals surface area (Å²) in [5.74, 6) is 1.83. The van der Waals surface area contributed by atoms with Gasteiger partial charge >= 0.3 is 0 Å². The Balaban J connectivity index is 0.00000324. The number of aryl methyl sites for hydroxylation is 2. The minimum Gasteiger partial charge on any atom is -0.491 e. The Morgan fingerprint density at radius 1 is 1.21 bits per heavy atom. The van der Waals surface area contributed by atoms with Crippen LogP contribution in [0.5, 0.6) is 17.2 Å². The number of aliphatic hydroxyl groups is 1. The first kappa shape index (κ1) is 26.4. The molecule has 1 aromatic heterocycles. The van der Waals surface area contributed by atoms with E-state index in [1.807, 2.05) is 13.8 Å². The maximum absolute atomic E-state index is 12.9. The van der Waals surface area contributed by atoms with Crippen LogP contribution in [-0.4, -0.2) is 42.4 Å². The van der Waals surface area contributed by atoms with Crippen molar-refractivity contribution in [1.29, 1.82) is 0 Å². The molecule has 184 valence electrons. The molecule has 8 heteroatoms. The second-order valence-corrected chi connectivity index (χ2v) is 9.41. The van der Waals surface area contributed by atoms with Crippen LogP contribution in [0.3, 0.4) is 0 Å². The van der Waals surface area contributed by atoms with Crippen molar-refractivity contribution in [3.05, 3.63) is 63.0 Å². The molecule has 1 aliphatic rings. The zero-order valence-electron chi connectivity index (χ0n) is 19.7. The lowest BCUT2D eigenvalue weighted by Crippen LogP contribution is -2.41. The molecule has 3 aromatic rings. The van der Waals surface area contributed by atoms with Crippen LogP contribution in [0.15, 0.2) is 45.8 Å². The molecule has 0 aliphatic carbocycles. The summed E-state index contributed by atoms with van der Waals surface area (Å²) in [4.78, 5) is 15.2. The summed E-state index contributed by atoms with van der Waals surface area (Å²) in [6.45, 7) is 8.81. The third-order valence-corrected chi connectivity index (χ3v) is 6.60. The zero-order valence-corrected chi connectivity index (χ0v) is 21.2. The van der Waals surface area contributed by atoms with Crippen molar-refractivity contribution >= 4 is 35.0 Å². The van der Waals surface area contributed by atoms with Gasteiger partial charge in [-0.2, -0.15) is 0 Å². The molecule has 6 nitrogen and oxygen atoms in total. The van der Waals surface area contributed by atoms with E-state index in [-0.39, 0.29) is 30.2 Å². The number of benzene rings is 2. The molecule has 2 unspecified atom stereocenters. The first-order valence-corrected chi connectivity index (χ1v) is 11.7. The van der Waals surface area contributed by atoms with Gasteiger partial charge in [-0.3, -0.25) is 4.79 Å². The molecule has 0 amide bonds. The SMILES string of the molecule is Cc1cc(Oc2coc3cc(OCC(O)CN4CCCC(C)C4)ccc3c2=O)cc(C)c1Cl.Cl. The maximum Gasteiger partial charge on any atom is 0.235 e. The summed E-state index contributed by atoms with van der Waals surface area (Å²) in [5, 5.41) is 11.4. The number of β-amino-alcohol motifs (C(OH)–C–C–N with tert-alkyl or cyclic N) is 1. The second kappa shape index (κ2) is 11.5. The number of hydrogen-bond acceptors (Lipinski definition) is 6.